The van der Waals surface area contributed by atoms with Crippen LogP contribution in [0.15, 0.2) is 6.20 Å². The fourth-order valence-corrected chi connectivity index (χ4v) is 4.52. The average Bonchev–Trinajstić information content (AvgIpc) is 3.28. The van der Waals surface area contributed by atoms with Crippen LogP contribution >= 0.6 is 0 Å². The zero-order valence-corrected chi connectivity index (χ0v) is 18.3. The molecule has 1 fully saturated rings. The van der Waals surface area contributed by atoms with Gasteiger partial charge in [0.2, 0.25) is 5.91 Å². The van der Waals surface area contributed by atoms with Gasteiger partial charge in [-0.3, -0.25) is 9.48 Å². The molecule has 0 aliphatic carbocycles. The Labute approximate surface area is 173 Å². The number of likely N-dealkylation sites (N-methyl/N-ethyl adjacent to an activating group) is 1. The molecule has 0 N–H and O–H groups in total. The molecule has 2 aromatic heterocycles. The Balaban J connectivity index is 1.50. The summed E-state index contributed by atoms with van der Waals surface area (Å²) in [6.45, 7) is 11.5. The van der Waals surface area contributed by atoms with Gasteiger partial charge >= 0.3 is 0 Å². The molecule has 29 heavy (non-hydrogen) atoms. The molecule has 0 radical (unpaired) electrons. The lowest BCUT2D eigenvalue weighted by molar-refractivity contribution is -0.136. The molecular weight excluding hydrogens is 364 g/mol. The van der Waals surface area contributed by atoms with Crippen LogP contribution in [0.5, 0.6) is 0 Å². The fraction of sp³-hybridized carbons (Fsp3) is 0.636. The van der Waals surface area contributed by atoms with Gasteiger partial charge in [-0.1, -0.05) is 6.92 Å². The number of amides is 1. The lowest BCUT2D eigenvalue weighted by Gasteiger charge is -2.28. The van der Waals surface area contributed by atoms with Crippen LogP contribution in [0, 0.1) is 26.7 Å². The summed E-state index contributed by atoms with van der Waals surface area (Å²) in [6.07, 6.45) is 4.87. The summed E-state index contributed by atoms with van der Waals surface area (Å²) in [5.74, 6) is 0.867. The third-order valence-corrected chi connectivity index (χ3v) is 6.59. The topological polar surface area (TPSA) is 67.2 Å². The van der Waals surface area contributed by atoms with Crippen LogP contribution in [0.1, 0.15) is 59.8 Å². The van der Waals surface area contributed by atoms with Gasteiger partial charge in [0.25, 0.3) is 0 Å². The molecule has 0 saturated carbocycles. The maximum Gasteiger partial charge on any atom is 0.227 e. The zero-order chi connectivity index (χ0) is 20.7. The summed E-state index contributed by atoms with van der Waals surface area (Å²) in [5, 5.41) is 4.61. The maximum atomic E-state index is 13.3. The SMILES string of the molecule is Cc1nn(C[C@@H](C)C(=O)N2CCC[C@@H]2c2ncc3c(n2)CCN(C)C3)c(C)c1C. The van der Waals surface area contributed by atoms with E-state index in [9.17, 15) is 4.79 Å². The predicted molar refractivity (Wildman–Crippen MR) is 111 cm³/mol. The summed E-state index contributed by atoms with van der Waals surface area (Å²) >= 11 is 0. The molecule has 2 aliphatic heterocycles. The molecule has 0 unspecified atom stereocenters. The molecule has 4 rings (SSSR count). The quantitative estimate of drug-likeness (QED) is 0.795. The van der Waals surface area contributed by atoms with Crippen LogP contribution in [0.2, 0.25) is 0 Å². The Morgan fingerprint density at radius 1 is 1.28 bits per heavy atom. The van der Waals surface area contributed by atoms with E-state index in [4.69, 9.17) is 4.98 Å². The van der Waals surface area contributed by atoms with E-state index in [1.165, 1.54) is 11.1 Å². The first kappa shape index (κ1) is 20.0. The van der Waals surface area contributed by atoms with E-state index in [0.717, 1.165) is 61.8 Å². The van der Waals surface area contributed by atoms with Gasteiger partial charge in [0, 0.05) is 49.2 Å². The van der Waals surface area contributed by atoms with Crippen LogP contribution < -0.4 is 0 Å². The lowest BCUT2D eigenvalue weighted by atomic mass is 10.1. The highest BCUT2D eigenvalue weighted by Gasteiger charge is 2.35. The number of carbonyl (C=O) groups excluding carboxylic acids is 1. The van der Waals surface area contributed by atoms with Gasteiger partial charge in [-0.05, 0) is 46.2 Å². The first-order valence-electron chi connectivity index (χ1n) is 10.7. The van der Waals surface area contributed by atoms with Crippen molar-refractivity contribution < 1.29 is 4.79 Å². The Hall–Kier alpha value is -2.28. The number of rotatable bonds is 4. The van der Waals surface area contributed by atoms with E-state index in [-0.39, 0.29) is 17.9 Å². The van der Waals surface area contributed by atoms with Crippen LogP contribution in [0.25, 0.3) is 0 Å². The monoisotopic (exact) mass is 396 g/mol. The van der Waals surface area contributed by atoms with E-state index < -0.39 is 0 Å². The summed E-state index contributed by atoms with van der Waals surface area (Å²) in [4.78, 5) is 27.1. The van der Waals surface area contributed by atoms with E-state index in [1.54, 1.807) is 0 Å². The van der Waals surface area contributed by atoms with Crippen molar-refractivity contribution in [2.75, 3.05) is 20.1 Å². The Kier molecular flexibility index (Phi) is 5.42. The van der Waals surface area contributed by atoms with Crippen molar-refractivity contribution in [2.45, 2.75) is 66.1 Å². The molecule has 1 saturated heterocycles. The molecule has 2 aromatic rings. The van der Waals surface area contributed by atoms with Crippen molar-refractivity contribution in [3.63, 3.8) is 0 Å². The predicted octanol–water partition coefficient (Wildman–Crippen LogP) is 2.59. The van der Waals surface area contributed by atoms with Gasteiger partial charge in [-0.15, -0.1) is 0 Å². The third kappa shape index (κ3) is 3.80. The van der Waals surface area contributed by atoms with Crippen molar-refractivity contribution in [2.24, 2.45) is 5.92 Å². The molecule has 156 valence electrons. The molecule has 0 aromatic carbocycles. The molecule has 1 amide bonds. The molecule has 2 aliphatic rings. The van der Waals surface area contributed by atoms with Crippen LogP contribution in [-0.2, 0) is 24.3 Å². The molecule has 2 atom stereocenters. The third-order valence-electron chi connectivity index (χ3n) is 6.59. The highest BCUT2D eigenvalue weighted by atomic mass is 16.2. The second kappa shape index (κ2) is 7.86. The number of fused-ring (bicyclic) bond motifs is 1. The Morgan fingerprint density at radius 2 is 2.07 bits per heavy atom. The highest BCUT2D eigenvalue weighted by Crippen LogP contribution is 2.32. The molecular formula is C22H32N6O. The molecule has 7 nitrogen and oxygen atoms in total. The summed E-state index contributed by atoms with van der Waals surface area (Å²) < 4.78 is 1.98. The van der Waals surface area contributed by atoms with Crippen molar-refractivity contribution in [3.05, 3.63) is 40.2 Å². The Morgan fingerprint density at radius 3 is 2.79 bits per heavy atom. The van der Waals surface area contributed by atoms with E-state index in [2.05, 4.69) is 35.9 Å². The number of hydrogen-bond acceptors (Lipinski definition) is 5. The summed E-state index contributed by atoms with van der Waals surface area (Å²) in [5.41, 5.74) is 5.75. The molecule has 4 heterocycles. The zero-order valence-electron chi connectivity index (χ0n) is 18.3. The normalized spacial score (nSPS) is 20.7. The minimum absolute atomic E-state index is 0.00269. The Bertz CT molecular complexity index is 920. The van der Waals surface area contributed by atoms with E-state index >= 15 is 0 Å². The first-order chi connectivity index (χ1) is 13.8. The van der Waals surface area contributed by atoms with Crippen molar-refractivity contribution in [1.82, 2.24) is 29.5 Å². The van der Waals surface area contributed by atoms with Crippen LogP contribution in [0.3, 0.4) is 0 Å². The van der Waals surface area contributed by atoms with Gasteiger partial charge in [-0.2, -0.15) is 5.10 Å². The van der Waals surface area contributed by atoms with Gasteiger partial charge < -0.3 is 9.80 Å². The van der Waals surface area contributed by atoms with E-state index in [0.29, 0.717) is 6.54 Å². The standard InChI is InChI=1S/C22H32N6O/c1-14(12-28-17(4)15(2)16(3)25-28)22(29)27-9-6-7-20(27)21-23-11-18-13-26(5)10-8-19(18)24-21/h11,14,20H,6-10,12-13H2,1-5H3/t14-,20-/m1/s1. The lowest BCUT2D eigenvalue weighted by Crippen LogP contribution is -2.37. The highest BCUT2D eigenvalue weighted by molar-refractivity contribution is 5.79. The van der Waals surface area contributed by atoms with Crippen LogP contribution in [-0.4, -0.2) is 55.6 Å². The number of aryl methyl sites for hydroxylation is 1. The van der Waals surface area contributed by atoms with Crippen LogP contribution in [0.4, 0.5) is 0 Å². The van der Waals surface area contributed by atoms with Gasteiger partial charge in [0.05, 0.1) is 24.2 Å². The number of carbonyl (C=O) groups is 1. The first-order valence-corrected chi connectivity index (χ1v) is 10.7. The van der Waals surface area contributed by atoms with Gasteiger partial charge in [0.1, 0.15) is 0 Å². The number of hydrogen-bond donors (Lipinski definition) is 0. The smallest absolute Gasteiger partial charge is 0.227 e. The fourth-order valence-electron chi connectivity index (χ4n) is 4.52. The molecule has 0 spiro atoms. The minimum Gasteiger partial charge on any atom is -0.332 e. The van der Waals surface area contributed by atoms with Gasteiger partial charge in [0.15, 0.2) is 5.82 Å². The average molecular weight is 397 g/mol. The van der Waals surface area contributed by atoms with Crippen molar-refractivity contribution in [1.29, 1.82) is 0 Å². The van der Waals surface area contributed by atoms with Crippen molar-refractivity contribution >= 4 is 5.91 Å². The maximum absolute atomic E-state index is 13.3. The van der Waals surface area contributed by atoms with Gasteiger partial charge in [-0.25, -0.2) is 9.97 Å². The number of likely N-dealkylation sites (tertiary alicyclic amines) is 1. The number of nitrogens with zero attached hydrogens (tertiary/aromatic N) is 6. The van der Waals surface area contributed by atoms with Crippen molar-refractivity contribution in [3.8, 4) is 0 Å². The minimum atomic E-state index is -0.126. The molecule has 0 bridgehead atoms. The summed E-state index contributed by atoms with van der Waals surface area (Å²) in [6, 6.07) is -0.00269. The summed E-state index contributed by atoms with van der Waals surface area (Å²) in [7, 11) is 2.12. The molecule has 7 heteroatoms. The van der Waals surface area contributed by atoms with E-state index in [1.807, 2.05) is 29.6 Å². The largest absolute Gasteiger partial charge is 0.332 e. The second-order valence-electron chi connectivity index (χ2n) is 8.76. The number of aromatic nitrogens is 4. The second-order valence-corrected chi connectivity index (χ2v) is 8.76.